The van der Waals surface area contributed by atoms with E-state index in [1.54, 1.807) is 0 Å². The summed E-state index contributed by atoms with van der Waals surface area (Å²) in [4.78, 5) is 4.63. The molecule has 1 aromatic heterocycles. The van der Waals surface area contributed by atoms with E-state index in [0.29, 0.717) is 0 Å². The third kappa shape index (κ3) is 2.98. The van der Waals surface area contributed by atoms with Gasteiger partial charge in [-0.1, -0.05) is 31.0 Å². The fourth-order valence-electron chi connectivity index (χ4n) is 2.79. The van der Waals surface area contributed by atoms with Gasteiger partial charge < -0.3 is 0 Å². The lowest BCUT2D eigenvalue weighted by molar-refractivity contribution is 0.702. The Labute approximate surface area is 120 Å². The van der Waals surface area contributed by atoms with Crippen LogP contribution in [0.15, 0.2) is 35.4 Å². The lowest BCUT2D eigenvalue weighted by Crippen LogP contribution is -2.02. The summed E-state index contributed by atoms with van der Waals surface area (Å²) < 4.78 is 0. The summed E-state index contributed by atoms with van der Waals surface area (Å²) in [5.74, 6) is 0.845. The van der Waals surface area contributed by atoms with Gasteiger partial charge in [-0.05, 0) is 50.3 Å². The van der Waals surface area contributed by atoms with Crippen molar-refractivity contribution in [3.05, 3.63) is 35.9 Å². The van der Waals surface area contributed by atoms with E-state index in [0.717, 1.165) is 24.2 Å². The van der Waals surface area contributed by atoms with Crippen molar-refractivity contribution >= 4 is 22.4 Å². The summed E-state index contributed by atoms with van der Waals surface area (Å²) in [6, 6.07) is 10.3. The maximum Gasteiger partial charge on any atom is 0.147 e. The Morgan fingerprint density at radius 1 is 1.05 bits per heavy atom. The number of nitrogens with one attached hydrogen (secondary N) is 1. The van der Waals surface area contributed by atoms with Crippen LogP contribution in [-0.4, -0.2) is 10.7 Å². The largest absolute Gasteiger partial charge is 0.261 e. The van der Waals surface area contributed by atoms with E-state index < -0.39 is 0 Å². The highest BCUT2D eigenvalue weighted by Gasteiger charge is 2.06. The third-order valence-electron chi connectivity index (χ3n) is 3.93. The van der Waals surface area contributed by atoms with Crippen molar-refractivity contribution in [3.8, 4) is 0 Å². The molecule has 0 aliphatic heterocycles. The molecule has 1 N–H and O–H groups in total. The first kappa shape index (κ1) is 13.1. The molecule has 1 aromatic carbocycles. The molecule has 2 aromatic rings. The number of hydrogen-bond donors (Lipinski definition) is 1. The monoisotopic (exact) mass is 267 g/mol. The average Bonchev–Trinajstić information content (AvgIpc) is 2.74. The molecular formula is C17H21N3. The molecule has 3 heteroatoms. The van der Waals surface area contributed by atoms with E-state index in [2.05, 4.69) is 40.6 Å². The van der Waals surface area contributed by atoms with Gasteiger partial charge in [0.25, 0.3) is 0 Å². The first-order chi connectivity index (χ1) is 9.83. The summed E-state index contributed by atoms with van der Waals surface area (Å²) >= 11 is 0. The van der Waals surface area contributed by atoms with Crippen LogP contribution >= 0.6 is 0 Å². The minimum absolute atomic E-state index is 0.845. The summed E-state index contributed by atoms with van der Waals surface area (Å²) in [5.41, 5.74) is 6.70. The van der Waals surface area contributed by atoms with E-state index >= 15 is 0 Å². The van der Waals surface area contributed by atoms with E-state index in [1.807, 2.05) is 12.1 Å². The zero-order chi connectivity index (χ0) is 13.8. The van der Waals surface area contributed by atoms with Gasteiger partial charge in [0.2, 0.25) is 0 Å². The number of hydrogen-bond acceptors (Lipinski definition) is 3. The molecule has 0 unspecified atom stereocenters. The topological polar surface area (TPSA) is 37.3 Å². The average molecular weight is 267 g/mol. The van der Waals surface area contributed by atoms with Gasteiger partial charge in [-0.25, -0.2) is 4.98 Å². The summed E-state index contributed by atoms with van der Waals surface area (Å²) in [5, 5.41) is 5.77. The smallest absolute Gasteiger partial charge is 0.147 e. The maximum atomic E-state index is 4.63. The molecular weight excluding hydrogens is 246 g/mol. The highest BCUT2D eigenvalue weighted by atomic mass is 15.3. The Morgan fingerprint density at radius 3 is 2.60 bits per heavy atom. The Kier molecular flexibility index (Phi) is 3.95. The number of aryl methyl sites for hydroxylation is 1. The van der Waals surface area contributed by atoms with Gasteiger partial charge >= 0.3 is 0 Å². The van der Waals surface area contributed by atoms with Crippen LogP contribution in [0, 0.1) is 6.92 Å². The van der Waals surface area contributed by atoms with Gasteiger partial charge in [0.05, 0.1) is 5.52 Å². The molecule has 1 fully saturated rings. The lowest BCUT2D eigenvalue weighted by atomic mass is 10.1. The SMILES string of the molecule is Cc1cc(NN=C2CCCCCC2)nc2ccccc12. The molecule has 20 heavy (non-hydrogen) atoms. The first-order valence-electron chi connectivity index (χ1n) is 7.51. The second-order valence-corrected chi connectivity index (χ2v) is 5.55. The number of aromatic nitrogens is 1. The molecule has 0 amide bonds. The van der Waals surface area contributed by atoms with Crippen molar-refractivity contribution in [1.29, 1.82) is 0 Å². The quantitative estimate of drug-likeness (QED) is 0.634. The number of hydrazone groups is 1. The molecule has 1 heterocycles. The number of fused-ring (bicyclic) bond motifs is 1. The number of benzene rings is 1. The van der Waals surface area contributed by atoms with Gasteiger partial charge in [0, 0.05) is 11.1 Å². The van der Waals surface area contributed by atoms with Crippen LogP contribution in [-0.2, 0) is 0 Å². The fraction of sp³-hybridized carbons (Fsp3) is 0.412. The maximum absolute atomic E-state index is 4.63. The summed E-state index contributed by atoms with van der Waals surface area (Å²) in [6.07, 6.45) is 7.47. The molecule has 3 nitrogen and oxygen atoms in total. The van der Waals surface area contributed by atoms with Crippen LogP contribution in [0.4, 0.5) is 5.82 Å². The van der Waals surface area contributed by atoms with E-state index in [-0.39, 0.29) is 0 Å². The minimum atomic E-state index is 0.845. The summed E-state index contributed by atoms with van der Waals surface area (Å²) in [6.45, 7) is 2.12. The number of pyridine rings is 1. The first-order valence-corrected chi connectivity index (χ1v) is 7.51. The minimum Gasteiger partial charge on any atom is -0.261 e. The van der Waals surface area contributed by atoms with Gasteiger partial charge in [-0.15, -0.1) is 0 Å². The van der Waals surface area contributed by atoms with Crippen molar-refractivity contribution in [2.45, 2.75) is 45.4 Å². The van der Waals surface area contributed by atoms with Crippen LogP contribution < -0.4 is 5.43 Å². The third-order valence-corrected chi connectivity index (χ3v) is 3.93. The Morgan fingerprint density at radius 2 is 1.80 bits per heavy atom. The highest BCUT2D eigenvalue weighted by Crippen LogP contribution is 2.20. The highest BCUT2D eigenvalue weighted by molar-refractivity contribution is 5.86. The number of rotatable bonds is 2. The van der Waals surface area contributed by atoms with Crippen LogP contribution in [0.1, 0.15) is 44.1 Å². The summed E-state index contributed by atoms with van der Waals surface area (Å²) in [7, 11) is 0. The number of para-hydroxylation sites is 1. The van der Waals surface area contributed by atoms with Crippen molar-refractivity contribution in [1.82, 2.24) is 4.98 Å². The van der Waals surface area contributed by atoms with Gasteiger partial charge in [0.1, 0.15) is 5.82 Å². The molecule has 0 saturated heterocycles. The van der Waals surface area contributed by atoms with Gasteiger partial charge in [-0.3, -0.25) is 5.43 Å². The Balaban J connectivity index is 1.82. The zero-order valence-corrected chi connectivity index (χ0v) is 12.0. The van der Waals surface area contributed by atoms with Crippen LogP contribution in [0.2, 0.25) is 0 Å². The van der Waals surface area contributed by atoms with E-state index in [4.69, 9.17) is 0 Å². The molecule has 1 saturated carbocycles. The second-order valence-electron chi connectivity index (χ2n) is 5.55. The molecule has 0 radical (unpaired) electrons. The molecule has 0 bridgehead atoms. The van der Waals surface area contributed by atoms with Crippen LogP contribution in [0.3, 0.4) is 0 Å². The second kappa shape index (κ2) is 6.04. The van der Waals surface area contributed by atoms with Crippen molar-refractivity contribution < 1.29 is 0 Å². The molecule has 1 aliphatic rings. The van der Waals surface area contributed by atoms with Crippen LogP contribution in [0.25, 0.3) is 10.9 Å². The van der Waals surface area contributed by atoms with E-state index in [9.17, 15) is 0 Å². The van der Waals surface area contributed by atoms with Gasteiger partial charge in [-0.2, -0.15) is 5.10 Å². The van der Waals surface area contributed by atoms with Crippen LogP contribution in [0.5, 0.6) is 0 Å². The molecule has 0 atom stereocenters. The molecule has 104 valence electrons. The van der Waals surface area contributed by atoms with Crippen molar-refractivity contribution in [2.24, 2.45) is 5.10 Å². The van der Waals surface area contributed by atoms with Crippen molar-refractivity contribution in [2.75, 3.05) is 5.43 Å². The van der Waals surface area contributed by atoms with Gasteiger partial charge in [0.15, 0.2) is 0 Å². The fourth-order valence-corrected chi connectivity index (χ4v) is 2.79. The molecule has 0 spiro atoms. The Hall–Kier alpha value is -1.90. The lowest BCUT2D eigenvalue weighted by Gasteiger charge is -2.07. The number of anilines is 1. The normalized spacial score (nSPS) is 15.9. The Bertz CT molecular complexity index is 621. The predicted octanol–water partition coefficient (Wildman–Crippen LogP) is 4.67. The van der Waals surface area contributed by atoms with Crippen molar-refractivity contribution in [3.63, 3.8) is 0 Å². The zero-order valence-electron chi connectivity index (χ0n) is 12.0. The molecule has 3 rings (SSSR count). The van der Waals surface area contributed by atoms with E-state index in [1.165, 1.54) is 42.3 Å². The standard InChI is InChI=1S/C17H21N3/c1-13-12-17(18-16-11-7-6-10-15(13)16)20-19-14-8-4-2-3-5-9-14/h6-7,10-12H,2-5,8-9H2,1H3,(H,18,20). The predicted molar refractivity (Wildman–Crippen MR) is 85.2 cm³/mol. The number of nitrogens with zero attached hydrogens (tertiary/aromatic N) is 2. The molecule has 1 aliphatic carbocycles.